The number of halogens is 1. The minimum Gasteiger partial charge on any atom is -0.244 e. The monoisotopic (exact) mass is 168 g/mol. The van der Waals surface area contributed by atoms with E-state index < -0.39 is 5.67 Å². The van der Waals surface area contributed by atoms with E-state index in [1.807, 2.05) is 13.0 Å². The van der Waals surface area contributed by atoms with Crippen LogP contribution >= 0.6 is 0 Å². The van der Waals surface area contributed by atoms with Crippen LogP contribution in [0.1, 0.15) is 27.2 Å². The minimum absolute atomic E-state index is 0.392. The van der Waals surface area contributed by atoms with Crippen molar-refractivity contribution in [3.05, 3.63) is 36.5 Å². The van der Waals surface area contributed by atoms with Crippen LogP contribution in [0.3, 0.4) is 0 Å². The molecule has 0 unspecified atom stereocenters. The lowest BCUT2D eigenvalue weighted by atomic mass is 9.99. The fourth-order valence-electron chi connectivity index (χ4n) is 0.984. The molecule has 68 valence electrons. The molecule has 0 bridgehead atoms. The molecule has 0 aliphatic carbocycles. The van der Waals surface area contributed by atoms with Crippen molar-refractivity contribution < 1.29 is 4.39 Å². The summed E-state index contributed by atoms with van der Waals surface area (Å²) in [6.45, 7) is 12.3. The van der Waals surface area contributed by atoms with Gasteiger partial charge in [0.15, 0.2) is 0 Å². The summed E-state index contributed by atoms with van der Waals surface area (Å²) in [4.78, 5) is 0. The second-order valence-electron chi connectivity index (χ2n) is 3.67. The predicted octanol–water partition coefficient (Wildman–Crippen LogP) is 3.81. The predicted molar refractivity (Wildman–Crippen MR) is 52.9 cm³/mol. The highest BCUT2D eigenvalue weighted by Crippen LogP contribution is 2.21. The van der Waals surface area contributed by atoms with Crippen LogP contribution in [0.15, 0.2) is 36.5 Å². The zero-order valence-corrected chi connectivity index (χ0v) is 8.15. The largest absolute Gasteiger partial charge is 0.244 e. The van der Waals surface area contributed by atoms with Crippen molar-refractivity contribution >= 4 is 0 Å². The maximum Gasteiger partial charge on any atom is 0.109 e. The topological polar surface area (TPSA) is 0 Å². The molecule has 0 N–H and O–H groups in total. The highest BCUT2D eigenvalue weighted by atomic mass is 19.1. The number of hydrogen-bond donors (Lipinski definition) is 0. The molecule has 12 heavy (non-hydrogen) atoms. The standard InChI is InChI=1S/C11H17F/c1-6-10(7-9(2)3)8-11(4,5)12/h6-7H,1-2,8H2,3-5H3/b10-7-. The molecular weight excluding hydrogens is 151 g/mol. The zero-order valence-electron chi connectivity index (χ0n) is 8.15. The third-order valence-electron chi connectivity index (χ3n) is 1.32. The summed E-state index contributed by atoms with van der Waals surface area (Å²) in [5.74, 6) is 0. The number of rotatable bonds is 4. The third kappa shape index (κ3) is 5.90. The molecule has 0 saturated carbocycles. The van der Waals surface area contributed by atoms with Crippen molar-refractivity contribution in [1.29, 1.82) is 0 Å². The van der Waals surface area contributed by atoms with Crippen LogP contribution in [-0.4, -0.2) is 5.67 Å². The first kappa shape index (κ1) is 11.2. The Hall–Kier alpha value is -0.850. The molecule has 0 aliphatic heterocycles. The Balaban J connectivity index is 4.39. The molecule has 0 nitrogen and oxygen atoms in total. The van der Waals surface area contributed by atoms with E-state index in [1.54, 1.807) is 19.9 Å². The van der Waals surface area contributed by atoms with Gasteiger partial charge in [-0.3, -0.25) is 0 Å². The van der Waals surface area contributed by atoms with E-state index >= 15 is 0 Å². The van der Waals surface area contributed by atoms with E-state index in [9.17, 15) is 4.39 Å². The van der Waals surface area contributed by atoms with E-state index in [1.165, 1.54) is 0 Å². The first-order valence-corrected chi connectivity index (χ1v) is 4.02. The van der Waals surface area contributed by atoms with Gasteiger partial charge in [-0.25, -0.2) is 4.39 Å². The quantitative estimate of drug-likeness (QED) is 0.560. The van der Waals surface area contributed by atoms with Crippen molar-refractivity contribution in [1.82, 2.24) is 0 Å². The molecule has 0 amide bonds. The van der Waals surface area contributed by atoms with Gasteiger partial charge in [-0.2, -0.15) is 0 Å². The SMILES string of the molecule is C=C/C(=C/C(=C)C)CC(C)(C)F. The van der Waals surface area contributed by atoms with Gasteiger partial charge in [-0.15, -0.1) is 0 Å². The van der Waals surface area contributed by atoms with Gasteiger partial charge in [0.2, 0.25) is 0 Å². The van der Waals surface area contributed by atoms with Crippen molar-refractivity contribution in [2.45, 2.75) is 32.9 Å². The Kier molecular flexibility index (Phi) is 3.94. The van der Waals surface area contributed by atoms with Gasteiger partial charge in [0.25, 0.3) is 0 Å². The molecule has 0 radical (unpaired) electrons. The molecule has 0 atom stereocenters. The molecule has 0 fully saturated rings. The van der Waals surface area contributed by atoms with Crippen molar-refractivity contribution in [3.63, 3.8) is 0 Å². The van der Waals surface area contributed by atoms with E-state index in [0.717, 1.165) is 11.1 Å². The van der Waals surface area contributed by atoms with Crippen LogP contribution in [0.2, 0.25) is 0 Å². The van der Waals surface area contributed by atoms with Crippen LogP contribution in [0.4, 0.5) is 4.39 Å². The molecule has 0 rings (SSSR count). The van der Waals surface area contributed by atoms with Gasteiger partial charge < -0.3 is 0 Å². The fourth-order valence-corrected chi connectivity index (χ4v) is 0.984. The summed E-state index contributed by atoms with van der Waals surface area (Å²) in [5, 5.41) is 0. The number of allylic oxidation sites excluding steroid dienone is 4. The van der Waals surface area contributed by atoms with Crippen LogP contribution in [0, 0.1) is 0 Å². The summed E-state index contributed by atoms with van der Waals surface area (Å²) in [5.41, 5.74) is 0.652. The van der Waals surface area contributed by atoms with Crippen molar-refractivity contribution in [2.24, 2.45) is 0 Å². The van der Waals surface area contributed by atoms with E-state index in [2.05, 4.69) is 13.2 Å². The minimum atomic E-state index is -1.17. The molecule has 0 aromatic carbocycles. The molecule has 0 aliphatic rings. The Bertz CT molecular complexity index is 204. The van der Waals surface area contributed by atoms with Gasteiger partial charge >= 0.3 is 0 Å². The first-order valence-electron chi connectivity index (χ1n) is 4.02. The normalized spacial score (nSPS) is 12.8. The van der Waals surface area contributed by atoms with Crippen LogP contribution in [0.25, 0.3) is 0 Å². The second kappa shape index (κ2) is 4.24. The molecule has 0 spiro atoms. The van der Waals surface area contributed by atoms with Crippen molar-refractivity contribution in [2.75, 3.05) is 0 Å². The van der Waals surface area contributed by atoms with Crippen LogP contribution in [-0.2, 0) is 0 Å². The van der Waals surface area contributed by atoms with Crippen molar-refractivity contribution in [3.8, 4) is 0 Å². The number of hydrogen-bond acceptors (Lipinski definition) is 0. The van der Waals surface area contributed by atoms with Crippen LogP contribution < -0.4 is 0 Å². The lowest BCUT2D eigenvalue weighted by Gasteiger charge is -2.14. The Morgan fingerprint density at radius 3 is 2.25 bits per heavy atom. The van der Waals surface area contributed by atoms with Gasteiger partial charge in [0.1, 0.15) is 5.67 Å². The smallest absolute Gasteiger partial charge is 0.109 e. The summed E-state index contributed by atoms with van der Waals surface area (Å²) < 4.78 is 13.2. The summed E-state index contributed by atoms with van der Waals surface area (Å²) in [6, 6.07) is 0. The first-order chi connectivity index (χ1) is 5.35. The highest BCUT2D eigenvalue weighted by Gasteiger charge is 2.15. The highest BCUT2D eigenvalue weighted by molar-refractivity contribution is 5.27. The average Bonchev–Trinajstić information content (AvgIpc) is 1.82. The van der Waals surface area contributed by atoms with Crippen LogP contribution in [0.5, 0.6) is 0 Å². The Morgan fingerprint density at radius 2 is 2.00 bits per heavy atom. The van der Waals surface area contributed by atoms with E-state index in [-0.39, 0.29) is 0 Å². The number of alkyl halides is 1. The maximum atomic E-state index is 13.2. The summed E-state index contributed by atoms with van der Waals surface area (Å²) >= 11 is 0. The molecule has 1 heteroatoms. The lowest BCUT2D eigenvalue weighted by molar-refractivity contribution is 0.218. The summed E-state index contributed by atoms with van der Waals surface area (Å²) in [6.07, 6.45) is 3.92. The van der Waals surface area contributed by atoms with Gasteiger partial charge in [-0.1, -0.05) is 30.9 Å². The Morgan fingerprint density at radius 1 is 1.50 bits per heavy atom. The molecular formula is C11H17F. The van der Waals surface area contributed by atoms with E-state index in [0.29, 0.717) is 6.42 Å². The fraction of sp³-hybridized carbons (Fsp3) is 0.455. The third-order valence-corrected chi connectivity index (χ3v) is 1.32. The van der Waals surface area contributed by atoms with E-state index in [4.69, 9.17) is 0 Å². The molecule has 0 aromatic heterocycles. The zero-order chi connectivity index (χ0) is 9.78. The van der Waals surface area contributed by atoms with Gasteiger partial charge in [0.05, 0.1) is 0 Å². The lowest BCUT2D eigenvalue weighted by Crippen LogP contribution is -2.11. The average molecular weight is 168 g/mol. The maximum absolute atomic E-state index is 13.2. The van der Waals surface area contributed by atoms with Gasteiger partial charge in [-0.05, 0) is 26.3 Å². The second-order valence-corrected chi connectivity index (χ2v) is 3.67. The molecule has 0 saturated heterocycles. The summed E-state index contributed by atoms with van der Waals surface area (Å²) in [7, 11) is 0. The Labute approximate surface area is 74.5 Å². The molecule has 0 heterocycles. The van der Waals surface area contributed by atoms with Gasteiger partial charge in [0, 0.05) is 6.42 Å². The molecule has 0 aromatic rings.